The summed E-state index contributed by atoms with van der Waals surface area (Å²) in [5, 5.41) is 0. The zero-order chi connectivity index (χ0) is 10.6. The molecule has 0 spiro atoms. The van der Waals surface area contributed by atoms with Gasteiger partial charge in [0, 0.05) is 11.3 Å². The second-order valence-electron chi connectivity index (χ2n) is 3.24. The fraction of sp³-hybridized carbons (Fsp3) is 0.500. The molecular weight excluding hydrogens is 262 g/mol. The number of halogens is 1. The Balaban J connectivity index is 2.48. The van der Waals surface area contributed by atoms with Crippen LogP contribution in [0.25, 0.3) is 0 Å². The predicted octanol–water partition coefficient (Wildman–Crippen LogP) is 2.75. The Kier molecular flexibility index (Phi) is 4.78. The summed E-state index contributed by atoms with van der Waals surface area (Å²) in [6, 6.07) is 3.63. The first-order valence-electron chi connectivity index (χ1n) is 4.66. The van der Waals surface area contributed by atoms with Gasteiger partial charge in [0.1, 0.15) is 0 Å². The van der Waals surface area contributed by atoms with E-state index in [-0.39, 0.29) is 11.8 Å². The van der Waals surface area contributed by atoms with E-state index >= 15 is 0 Å². The summed E-state index contributed by atoms with van der Waals surface area (Å²) in [4.78, 5) is 12.7. The summed E-state index contributed by atoms with van der Waals surface area (Å²) in [5.41, 5.74) is 5.73. The van der Waals surface area contributed by atoms with Crippen molar-refractivity contribution in [1.29, 1.82) is 0 Å². The molecule has 4 heteroatoms. The number of ketones is 1. The molecule has 0 radical (unpaired) electrons. The number of carbonyl (C=O) groups is 1. The number of carbonyl (C=O) groups excluding carboxylic acids is 1. The second kappa shape index (κ2) is 5.63. The third kappa shape index (κ3) is 3.52. The van der Waals surface area contributed by atoms with Gasteiger partial charge in [-0.3, -0.25) is 4.79 Å². The fourth-order valence-corrected chi connectivity index (χ4v) is 2.71. The highest BCUT2D eigenvalue weighted by Crippen LogP contribution is 2.22. The van der Waals surface area contributed by atoms with Crippen LogP contribution >= 0.6 is 27.3 Å². The second-order valence-corrected chi connectivity index (χ2v) is 5.79. The van der Waals surface area contributed by atoms with Crippen molar-refractivity contribution in [2.24, 2.45) is 5.73 Å². The molecule has 0 aliphatic heterocycles. The van der Waals surface area contributed by atoms with Crippen molar-refractivity contribution in [2.45, 2.75) is 32.2 Å². The summed E-state index contributed by atoms with van der Waals surface area (Å²) in [6.45, 7) is 2.04. The van der Waals surface area contributed by atoms with Gasteiger partial charge in [0.05, 0.1) is 9.83 Å². The van der Waals surface area contributed by atoms with Crippen LogP contribution in [0.3, 0.4) is 0 Å². The van der Waals surface area contributed by atoms with E-state index in [0.29, 0.717) is 6.42 Å². The lowest BCUT2D eigenvalue weighted by atomic mass is 10.1. The van der Waals surface area contributed by atoms with Crippen LogP contribution in [-0.4, -0.2) is 11.8 Å². The third-order valence-electron chi connectivity index (χ3n) is 1.99. The molecule has 0 fully saturated rings. The van der Waals surface area contributed by atoms with Crippen LogP contribution in [0.5, 0.6) is 0 Å². The molecule has 0 saturated carbocycles. The molecule has 1 unspecified atom stereocenters. The Morgan fingerprint density at radius 3 is 2.86 bits per heavy atom. The van der Waals surface area contributed by atoms with Crippen molar-refractivity contribution < 1.29 is 4.79 Å². The van der Waals surface area contributed by atoms with Crippen LogP contribution in [0.15, 0.2) is 15.9 Å². The van der Waals surface area contributed by atoms with Crippen molar-refractivity contribution in [1.82, 2.24) is 0 Å². The van der Waals surface area contributed by atoms with Gasteiger partial charge >= 0.3 is 0 Å². The summed E-state index contributed by atoms with van der Waals surface area (Å²) < 4.78 is 1.06. The normalized spacial score (nSPS) is 12.8. The molecule has 1 rings (SSSR count). The van der Waals surface area contributed by atoms with Gasteiger partial charge in [-0.2, -0.15) is 0 Å². The monoisotopic (exact) mass is 275 g/mol. The SMILES string of the molecule is CCCC(N)C(=O)Cc1ccc(Br)s1. The van der Waals surface area contributed by atoms with Crippen molar-refractivity contribution >= 4 is 33.0 Å². The van der Waals surface area contributed by atoms with E-state index in [1.807, 2.05) is 19.1 Å². The molecule has 78 valence electrons. The molecule has 0 aromatic carbocycles. The largest absolute Gasteiger partial charge is 0.321 e. The molecule has 0 saturated heterocycles. The van der Waals surface area contributed by atoms with Gasteiger partial charge in [-0.25, -0.2) is 0 Å². The first-order valence-corrected chi connectivity index (χ1v) is 6.27. The maximum Gasteiger partial charge on any atom is 0.154 e. The van der Waals surface area contributed by atoms with Crippen LogP contribution in [0.4, 0.5) is 0 Å². The third-order valence-corrected chi connectivity index (χ3v) is 3.61. The first-order chi connectivity index (χ1) is 6.63. The average Bonchev–Trinajstić information content (AvgIpc) is 2.51. The smallest absolute Gasteiger partial charge is 0.154 e. The summed E-state index contributed by atoms with van der Waals surface area (Å²) >= 11 is 4.96. The highest BCUT2D eigenvalue weighted by atomic mass is 79.9. The molecular formula is C10H14BrNOS. The zero-order valence-electron chi connectivity index (χ0n) is 8.13. The molecule has 1 aromatic heterocycles. The van der Waals surface area contributed by atoms with Crippen LogP contribution in [0.2, 0.25) is 0 Å². The van der Waals surface area contributed by atoms with Crippen molar-refractivity contribution in [3.8, 4) is 0 Å². The number of thiophene rings is 1. The van der Waals surface area contributed by atoms with Crippen molar-refractivity contribution in [3.05, 3.63) is 20.8 Å². The number of rotatable bonds is 5. The molecule has 0 amide bonds. The van der Waals surface area contributed by atoms with Gasteiger partial charge in [0.15, 0.2) is 5.78 Å². The Labute approximate surface area is 96.6 Å². The molecule has 0 aliphatic rings. The number of hydrogen-bond acceptors (Lipinski definition) is 3. The Bertz CT molecular complexity index is 311. The quantitative estimate of drug-likeness (QED) is 0.898. The van der Waals surface area contributed by atoms with Crippen LogP contribution in [0, 0.1) is 0 Å². The van der Waals surface area contributed by atoms with Crippen LogP contribution < -0.4 is 5.73 Å². The van der Waals surface area contributed by atoms with E-state index in [9.17, 15) is 4.79 Å². The molecule has 1 aromatic rings. The van der Waals surface area contributed by atoms with Crippen LogP contribution in [0.1, 0.15) is 24.6 Å². The van der Waals surface area contributed by atoms with Gasteiger partial charge in [0.2, 0.25) is 0 Å². The lowest BCUT2D eigenvalue weighted by Crippen LogP contribution is -2.31. The van der Waals surface area contributed by atoms with E-state index in [0.717, 1.165) is 21.5 Å². The van der Waals surface area contributed by atoms with E-state index in [1.165, 1.54) is 0 Å². The van der Waals surface area contributed by atoms with E-state index in [1.54, 1.807) is 11.3 Å². The van der Waals surface area contributed by atoms with Gasteiger partial charge in [-0.15, -0.1) is 11.3 Å². The minimum absolute atomic E-state index is 0.140. The summed E-state index contributed by atoms with van der Waals surface area (Å²) in [7, 11) is 0. The van der Waals surface area contributed by atoms with Crippen molar-refractivity contribution in [2.75, 3.05) is 0 Å². The highest BCUT2D eigenvalue weighted by Gasteiger charge is 2.13. The molecule has 1 heterocycles. The predicted molar refractivity (Wildman–Crippen MR) is 63.6 cm³/mol. The minimum atomic E-state index is -0.291. The Morgan fingerprint density at radius 2 is 2.36 bits per heavy atom. The van der Waals surface area contributed by atoms with Crippen molar-refractivity contribution in [3.63, 3.8) is 0 Å². The van der Waals surface area contributed by atoms with E-state index in [4.69, 9.17) is 5.73 Å². The van der Waals surface area contributed by atoms with Gasteiger partial charge in [-0.1, -0.05) is 13.3 Å². The zero-order valence-corrected chi connectivity index (χ0v) is 10.5. The summed E-state index contributed by atoms with van der Waals surface area (Å²) in [6.07, 6.45) is 2.21. The lowest BCUT2D eigenvalue weighted by molar-refractivity contribution is -0.119. The number of nitrogens with two attached hydrogens (primary N) is 1. The fourth-order valence-electron chi connectivity index (χ4n) is 1.22. The Morgan fingerprint density at radius 1 is 1.64 bits per heavy atom. The van der Waals surface area contributed by atoms with E-state index < -0.39 is 0 Å². The topological polar surface area (TPSA) is 43.1 Å². The molecule has 0 aliphatic carbocycles. The standard InChI is InChI=1S/C10H14BrNOS/c1-2-3-8(12)9(13)6-7-4-5-10(11)14-7/h4-5,8H,2-3,6,12H2,1H3. The number of Topliss-reactive ketones (excluding diaryl/α,β-unsaturated/α-hetero) is 1. The molecule has 2 nitrogen and oxygen atoms in total. The summed E-state index contributed by atoms with van der Waals surface area (Å²) in [5.74, 6) is 0.140. The van der Waals surface area contributed by atoms with Crippen LogP contribution in [-0.2, 0) is 11.2 Å². The highest BCUT2D eigenvalue weighted by molar-refractivity contribution is 9.11. The lowest BCUT2D eigenvalue weighted by Gasteiger charge is -2.07. The van der Waals surface area contributed by atoms with Gasteiger partial charge in [0.25, 0.3) is 0 Å². The number of hydrogen-bond donors (Lipinski definition) is 1. The van der Waals surface area contributed by atoms with Gasteiger partial charge < -0.3 is 5.73 Å². The van der Waals surface area contributed by atoms with Gasteiger partial charge in [-0.05, 0) is 34.5 Å². The maximum absolute atomic E-state index is 11.6. The molecule has 14 heavy (non-hydrogen) atoms. The van der Waals surface area contributed by atoms with E-state index in [2.05, 4.69) is 15.9 Å². The first kappa shape index (κ1) is 11.9. The average molecular weight is 276 g/mol. The maximum atomic E-state index is 11.6. The molecule has 0 bridgehead atoms. The Hall–Kier alpha value is -0.190. The minimum Gasteiger partial charge on any atom is -0.321 e. The molecule has 1 atom stereocenters. The molecule has 2 N–H and O–H groups in total.